The van der Waals surface area contributed by atoms with Crippen LogP contribution in [-0.4, -0.2) is 44.5 Å². The van der Waals surface area contributed by atoms with Gasteiger partial charge in [0, 0.05) is 24.8 Å². The van der Waals surface area contributed by atoms with Crippen LogP contribution in [0.4, 0.5) is 0 Å². The van der Waals surface area contributed by atoms with Crippen LogP contribution in [-0.2, 0) is 17.8 Å². The molecule has 5 nitrogen and oxygen atoms in total. The lowest BCUT2D eigenvalue weighted by molar-refractivity contribution is -0.129. The van der Waals surface area contributed by atoms with Gasteiger partial charge < -0.3 is 4.90 Å². The van der Waals surface area contributed by atoms with E-state index in [0.717, 1.165) is 48.5 Å². The number of fused-ring (bicyclic) bond motifs is 1. The Morgan fingerprint density at radius 1 is 1.21 bits per heavy atom. The van der Waals surface area contributed by atoms with Gasteiger partial charge in [0.05, 0.1) is 22.9 Å². The molecule has 0 spiro atoms. The minimum absolute atomic E-state index is 0.0231. The lowest BCUT2D eigenvalue weighted by Crippen LogP contribution is -2.39. The molecule has 154 valence electrons. The van der Waals surface area contributed by atoms with Crippen LogP contribution in [0.5, 0.6) is 0 Å². The van der Waals surface area contributed by atoms with Crippen molar-refractivity contribution >= 4 is 29.4 Å². The molecule has 4 rings (SSSR count). The molecule has 1 fully saturated rings. The van der Waals surface area contributed by atoms with Crippen LogP contribution in [0.25, 0.3) is 0 Å². The fourth-order valence-electron chi connectivity index (χ4n) is 3.82. The summed E-state index contributed by atoms with van der Waals surface area (Å²) in [5.41, 5.74) is 1.97. The third kappa shape index (κ3) is 4.72. The fraction of sp³-hybridized carbons (Fsp3) is 0.500. The van der Waals surface area contributed by atoms with Crippen molar-refractivity contribution in [3.05, 3.63) is 51.9 Å². The molecule has 0 unspecified atom stereocenters. The number of thioether (sulfide) groups is 2. The molecule has 0 bridgehead atoms. The highest BCUT2D eigenvalue weighted by atomic mass is 32.2. The van der Waals surface area contributed by atoms with Gasteiger partial charge in [0.15, 0.2) is 5.16 Å². The van der Waals surface area contributed by atoms with Crippen molar-refractivity contribution in [1.29, 1.82) is 0 Å². The predicted molar refractivity (Wildman–Crippen MR) is 119 cm³/mol. The van der Waals surface area contributed by atoms with Crippen molar-refractivity contribution < 1.29 is 4.79 Å². The SMILES string of the molecule is CC1CCN(C(=O)CSc2nc3c(c(=O)n2Cc2ccccc2)S[C@H](C)C3)CC1. The molecular weight excluding hydrogens is 402 g/mol. The van der Waals surface area contributed by atoms with Crippen LogP contribution in [0.1, 0.15) is 37.9 Å². The van der Waals surface area contributed by atoms with Gasteiger partial charge in [-0.25, -0.2) is 4.98 Å². The van der Waals surface area contributed by atoms with Gasteiger partial charge in [-0.15, -0.1) is 11.8 Å². The van der Waals surface area contributed by atoms with Gasteiger partial charge in [-0.05, 0) is 24.3 Å². The van der Waals surface area contributed by atoms with Crippen LogP contribution in [0.3, 0.4) is 0 Å². The predicted octanol–water partition coefficient (Wildman–Crippen LogP) is 3.68. The number of carbonyl (C=O) groups is 1. The summed E-state index contributed by atoms with van der Waals surface area (Å²) in [6.07, 6.45) is 2.95. The van der Waals surface area contributed by atoms with E-state index in [1.54, 1.807) is 16.3 Å². The molecule has 1 atom stereocenters. The van der Waals surface area contributed by atoms with E-state index >= 15 is 0 Å². The number of benzene rings is 1. The number of hydrogen-bond acceptors (Lipinski definition) is 5. The number of rotatable bonds is 5. The van der Waals surface area contributed by atoms with E-state index in [9.17, 15) is 9.59 Å². The Labute approximate surface area is 180 Å². The summed E-state index contributed by atoms with van der Waals surface area (Å²) in [7, 11) is 0. The molecule has 0 aliphatic carbocycles. The van der Waals surface area contributed by atoms with Crippen molar-refractivity contribution in [3.63, 3.8) is 0 Å². The normalized spacial score (nSPS) is 19.4. The lowest BCUT2D eigenvalue weighted by Gasteiger charge is -2.30. The van der Waals surface area contributed by atoms with E-state index in [4.69, 9.17) is 4.98 Å². The summed E-state index contributed by atoms with van der Waals surface area (Å²) < 4.78 is 1.75. The van der Waals surface area contributed by atoms with Gasteiger partial charge in [0.2, 0.25) is 5.91 Å². The first-order valence-corrected chi connectivity index (χ1v) is 12.1. The summed E-state index contributed by atoms with van der Waals surface area (Å²) in [4.78, 5) is 33.5. The van der Waals surface area contributed by atoms with E-state index in [0.29, 0.717) is 28.6 Å². The quantitative estimate of drug-likeness (QED) is 0.536. The highest BCUT2D eigenvalue weighted by molar-refractivity contribution is 8.00. The molecule has 1 aromatic heterocycles. The largest absolute Gasteiger partial charge is 0.342 e. The maximum atomic E-state index is 13.2. The third-order valence-electron chi connectivity index (χ3n) is 5.61. The van der Waals surface area contributed by atoms with Crippen LogP contribution in [0.2, 0.25) is 0 Å². The minimum Gasteiger partial charge on any atom is -0.342 e. The van der Waals surface area contributed by atoms with E-state index in [1.807, 2.05) is 35.2 Å². The van der Waals surface area contributed by atoms with Gasteiger partial charge in [0.25, 0.3) is 5.56 Å². The number of aromatic nitrogens is 2. The molecule has 1 amide bonds. The zero-order valence-electron chi connectivity index (χ0n) is 17.0. The first kappa shape index (κ1) is 20.5. The van der Waals surface area contributed by atoms with E-state index in [-0.39, 0.29) is 11.5 Å². The number of hydrogen-bond donors (Lipinski definition) is 0. The molecule has 0 N–H and O–H groups in total. The molecule has 29 heavy (non-hydrogen) atoms. The third-order valence-corrected chi connectivity index (χ3v) is 7.78. The standard InChI is InChI=1S/C22H27N3O2S2/c1-15-8-10-24(11-9-15)19(26)14-28-22-23-18-12-16(2)29-20(18)21(27)25(22)13-17-6-4-3-5-7-17/h3-7,15-16H,8-14H2,1-2H3/t16-/m1/s1. The Morgan fingerprint density at radius 2 is 1.93 bits per heavy atom. The average Bonchev–Trinajstić information content (AvgIpc) is 3.10. The molecule has 1 aromatic carbocycles. The average molecular weight is 430 g/mol. The van der Waals surface area contributed by atoms with Crippen LogP contribution >= 0.6 is 23.5 Å². The molecule has 2 aromatic rings. The Kier molecular flexibility index (Phi) is 6.35. The van der Waals surface area contributed by atoms with Crippen LogP contribution in [0.15, 0.2) is 45.2 Å². The van der Waals surface area contributed by atoms with Gasteiger partial charge in [-0.1, -0.05) is 55.9 Å². The highest BCUT2D eigenvalue weighted by Gasteiger charge is 2.27. The second-order valence-electron chi connectivity index (χ2n) is 8.03. The first-order chi connectivity index (χ1) is 14.0. The van der Waals surface area contributed by atoms with Gasteiger partial charge in [0.1, 0.15) is 0 Å². The lowest BCUT2D eigenvalue weighted by atomic mass is 9.99. The summed E-state index contributed by atoms with van der Waals surface area (Å²) in [5, 5.41) is 1.03. The highest BCUT2D eigenvalue weighted by Crippen LogP contribution is 2.34. The molecule has 2 aliphatic heterocycles. The second-order valence-corrected chi connectivity index (χ2v) is 10.4. The fourth-order valence-corrected chi connectivity index (χ4v) is 5.86. The van der Waals surface area contributed by atoms with Crippen molar-refractivity contribution in [2.45, 2.75) is 55.0 Å². The van der Waals surface area contributed by atoms with E-state index in [2.05, 4.69) is 13.8 Å². The van der Waals surface area contributed by atoms with Crippen LogP contribution in [0, 0.1) is 5.92 Å². The Hall–Kier alpha value is -1.73. The number of carbonyl (C=O) groups excluding carboxylic acids is 1. The number of amides is 1. The maximum absolute atomic E-state index is 13.2. The molecule has 0 saturated carbocycles. The van der Waals surface area contributed by atoms with Gasteiger partial charge in [-0.2, -0.15) is 0 Å². The minimum atomic E-state index is 0.0231. The van der Waals surface area contributed by atoms with Gasteiger partial charge in [-0.3, -0.25) is 14.2 Å². The van der Waals surface area contributed by atoms with Crippen molar-refractivity contribution in [2.75, 3.05) is 18.8 Å². The monoisotopic (exact) mass is 429 g/mol. The smallest absolute Gasteiger partial charge is 0.268 e. The van der Waals surface area contributed by atoms with Crippen molar-refractivity contribution in [2.24, 2.45) is 5.92 Å². The summed E-state index contributed by atoms with van der Waals surface area (Å²) in [6.45, 7) is 6.52. The number of nitrogens with zero attached hydrogens (tertiary/aromatic N) is 3. The molecule has 3 heterocycles. The topological polar surface area (TPSA) is 55.2 Å². The number of piperidine rings is 1. The number of likely N-dealkylation sites (tertiary alicyclic amines) is 1. The molecule has 7 heteroatoms. The van der Waals surface area contributed by atoms with E-state index < -0.39 is 0 Å². The first-order valence-electron chi connectivity index (χ1n) is 10.3. The summed E-state index contributed by atoms with van der Waals surface area (Å²) in [5.74, 6) is 1.17. The Morgan fingerprint density at radius 3 is 2.66 bits per heavy atom. The summed E-state index contributed by atoms with van der Waals surface area (Å²) >= 11 is 3.02. The van der Waals surface area contributed by atoms with E-state index in [1.165, 1.54) is 11.8 Å². The molecule has 0 radical (unpaired) electrons. The van der Waals surface area contributed by atoms with Gasteiger partial charge >= 0.3 is 0 Å². The van der Waals surface area contributed by atoms with Crippen molar-refractivity contribution in [3.8, 4) is 0 Å². The maximum Gasteiger partial charge on any atom is 0.268 e. The Balaban J connectivity index is 1.56. The summed E-state index contributed by atoms with van der Waals surface area (Å²) in [6, 6.07) is 9.96. The second kappa shape index (κ2) is 8.96. The molecule has 2 aliphatic rings. The van der Waals surface area contributed by atoms with Crippen LogP contribution < -0.4 is 5.56 Å². The van der Waals surface area contributed by atoms with Crippen molar-refractivity contribution in [1.82, 2.24) is 14.5 Å². The zero-order chi connectivity index (χ0) is 20.4. The Bertz CT molecular complexity index is 937. The molecular formula is C22H27N3O2S2. The zero-order valence-corrected chi connectivity index (χ0v) is 18.6. The molecule has 1 saturated heterocycles.